The van der Waals surface area contributed by atoms with Gasteiger partial charge in [0.25, 0.3) is 0 Å². The molecule has 0 fully saturated rings. The maximum Gasteiger partial charge on any atom is 0.417 e. The summed E-state index contributed by atoms with van der Waals surface area (Å²) in [5.41, 5.74) is -1.87. The Balaban J connectivity index is 3.33. The predicted octanol–water partition coefficient (Wildman–Crippen LogP) is 3.56. The van der Waals surface area contributed by atoms with Crippen molar-refractivity contribution in [3.05, 3.63) is 29.1 Å². The van der Waals surface area contributed by atoms with E-state index in [0.717, 1.165) is 0 Å². The molecule has 0 radical (unpaired) electrons. The van der Waals surface area contributed by atoms with E-state index in [1.54, 1.807) is 20.8 Å². The van der Waals surface area contributed by atoms with Crippen LogP contribution in [-0.4, -0.2) is 9.75 Å². The number of hydrogen-bond donors (Lipinski definition) is 1. The minimum atomic E-state index is -4.68. The quantitative estimate of drug-likeness (QED) is 0.831. The summed E-state index contributed by atoms with van der Waals surface area (Å²) in [7, 11) is -2.14. The van der Waals surface area contributed by atoms with Crippen LogP contribution in [0.4, 0.5) is 17.6 Å². The molecule has 2 nitrogen and oxygen atoms in total. The van der Waals surface area contributed by atoms with Gasteiger partial charge in [-0.3, -0.25) is 0 Å². The van der Waals surface area contributed by atoms with E-state index >= 15 is 0 Å². The lowest BCUT2D eigenvalue weighted by atomic mass is 10.1. The minimum absolute atomic E-state index is 0.135. The molecule has 0 heterocycles. The van der Waals surface area contributed by atoms with Crippen LogP contribution in [0.3, 0.4) is 0 Å². The van der Waals surface area contributed by atoms with Gasteiger partial charge in [0.15, 0.2) is 0 Å². The van der Waals surface area contributed by atoms with Gasteiger partial charge in [0.2, 0.25) is 0 Å². The van der Waals surface area contributed by atoms with Crippen molar-refractivity contribution in [2.45, 2.75) is 44.3 Å². The highest BCUT2D eigenvalue weighted by Crippen LogP contribution is 2.35. The van der Waals surface area contributed by atoms with E-state index in [4.69, 9.17) is 0 Å². The third-order valence-electron chi connectivity index (χ3n) is 2.16. The van der Waals surface area contributed by atoms with Crippen LogP contribution in [0.2, 0.25) is 0 Å². The maximum atomic E-state index is 13.4. The summed E-state index contributed by atoms with van der Waals surface area (Å²) in [5, 5.41) is 0. The van der Waals surface area contributed by atoms with Crippen molar-refractivity contribution >= 4 is 11.0 Å². The number of halogens is 4. The zero-order valence-electron chi connectivity index (χ0n) is 11.0. The Morgan fingerprint density at radius 3 is 2.11 bits per heavy atom. The molecule has 0 aliphatic carbocycles. The first kappa shape index (κ1) is 16.1. The first-order valence-corrected chi connectivity index (χ1v) is 6.64. The first-order chi connectivity index (χ1) is 8.42. The molecular formula is C12H15F4NOS. The fourth-order valence-electron chi connectivity index (χ4n) is 1.37. The second-order valence-corrected chi connectivity index (χ2v) is 6.40. The van der Waals surface area contributed by atoms with Gasteiger partial charge >= 0.3 is 6.18 Å². The van der Waals surface area contributed by atoms with Crippen molar-refractivity contribution in [2.75, 3.05) is 0 Å². The number of alkyl halides is 3. The Bertz CT molecular complexity index is 506. The maximum absolute atomic E-state index is 13.4. The van der Waals surface area contributed by atoms with E-state index in [9.17, 15) is 21.8 Å². The van der Waals surface area contributed by atoms with Crippen molar-refractivity contribution in [2.24, 2.45) is 0 Å². The fourth-order valence-corrected chi connectivity index (χ4v) is 2.62. The number of hydrogen-bond acceptors (Lipinski definition) is 1. The summed E-state index contributed by atoms with van der Waals surface area (Å²) in [6.07, 6.45) is -4.68. The van der Waals surface area contributed by atoms with Crippen LogP contribution < -0.4 is 4.72 Å². The number of rotatable bonds is 2. The molecule has 0 aliphatic rings. The third-order valence-corrected chi connectivity index (χ3v) is 3.70. The molecule has 1 atom stereocenters. The Kier molecular flexibility index (Phi) is 4.41. The molecule has 0 saturated heterocycles. The molecular weight excluding hydrogens is 282 g/mol. The standard InChI is InChI=1S/C12H15F4NOS/c1-7-5-8(12(14,15)16)10(6-9(7)13)19(18)17-11(2,3)4/h5-6,17H,1-4H3. The molecule has 7 heteroatoms. The summed E-state index contributed by atoms with van der Waals surface area (Å²) in [4.78, 5) is -0.592. The second-order valence-electron chi connectivity index (χ2n) is 5.22. The van der Waals surface area contributed by atoms with E-state index in [-0.39, 0.29) is 5.56 Å². The van der Waals surface area contributed by atoms with Gasteiger partial charge in [0.05, 0.1) is 10.5 Å². The summed E-state index contributed by atoms with van der Waals surface area (Å²) < 4.78 is 66.4. The molecule has 0 amide bonds. The largest absolute Gasteiger partial charge is 0.417 e. The topological polar surface area (TPSA) is 29.1 Å². The predicted molar refractivity (Wildman–Crippen MR) is 65.4 cm³/mol. The molecule has 0 saturated carbocycles. The molecule has 1 rings (SSSR count). The van der Waals surface area contributed by atoms with Crippen molar-refractivity contribution in [3.8, 4) is 0 Å². The monoisotopic (exact) mass is 297 g/mol. The van der Waals surface area contributed by atoms with Gasteiger partial charge in [-0.15, -0.1) is 0 Å². The third kappa shape index (κ3) is 4.28. The smallest absolute Gasteiger partial charge is 0.237 e. The lowest BCUT2D eigenvalue weighted by molar-refractivity contribution is -0.139. The highest BCUT2D eigenvalue weighted by molar-refractivity contribution is 7.83. The van der Waals surface area contributed by atoms with E-state index in [1.165, 1.54) is 6.92 Å². The molecule has 19 heavy (non-hydrogen) atoms. The molecule has 0 bridgehead atoms. The SMILES string of the molecule is Cc1cc(C(F)(F)F)c(S(=O)NC(C)(C)C)cc1F. The fraction of sp³-hybridized carbons (Fsp3) is 0.500. The molecule has 1 aromatic rings. The number of nitrogens with one attached hydrogen (secondary N) is 1. The Morgan fingerprint density at radius 2 is 1.68 bits per heavy atom. The van der Waals surface area contributed by atoms with E-state index in [1.807, 2.05) is 0 Å². The van der Waals surface area contributed by atoms with Crippen LogP contribution in [0.15, 0.2) is 17.0 Å². The summed E-state index contributed by atoms with van der Waals surface area (Å²) in [5.74, 6) is -0.813. The molecule has 1 unspecified atom stereocenters. The molecule has 0 aliphatic heterocycles. The van der Waals surface area contributed by atoms with Gasteiger partial charge in [0, 0.05) is 5.54 Å². The van der Waals surface area contributed by atoms with Gasteiger partial charge in [-0.05, 0) is 45.4 Å². The Labute approximate surface area is 111 Å². The van der Waals surface area contributed by atoms with Gasteiger partial charge in [-0.25, -0.2) is 13.3 Å². The molecule has 0 spiro atoms. The molecule has 1 aromatic carbocycles. The minimum Gasteiger partial charge on any atom is -0.237 e. The average Bonchev–Trinajstić information content (AvgIpc) is 2.17. The molecule has 108 valence electrons. The second kappa shape index (κ2) is 5.20. The van der Waals surface area contributed by atoms with Gasteiger partial charge in [-0.1, -0.05) is 0 Å². The molecule has 1 N–H and O–H groups in total. The first-order valence-electron chi connectivity index (χ1n) is 5.49. The van der Waals surface area contributed by atoms with Crippen LogP contribution in [0.25, 0.3) is 0 Å². The van der Waals surface area contributed by atoms with Crippen LogP contribution >= 0.6 is 0 Å². The normalized spacial score (nSPS) is 14.5. The van der Waals surface area contributed by atoms with Crippen LogP contribution in [0, 0.1) is 12.7 Å². The van der Waals surface area contributed by atoms with Crippen molar-refractivity contribution in [1.29, 1.82) is 0 Å². The van der Waals surface area contributed by atoms with Crippen molar-refractivity contribution in [3.63, 3.8) is 0 Å². The average molecular weight is 297 g/mol. The zero-order chi connectivity index (χ0) is 15.0. The highest BCUT2D eigenvalue weighted by atomic mass is 32.2. The van der Waals surface area contributed by atoms with Crippen molar-refractivity contribution in [1.82, 2.24) is 4.72 Å². The summed E-state index contributed by atoms with van der Waals surface area (Å²) >= 11 is 0. The van der Waals surface area contributed by atoms with Gasteiger partial charge in [-0.2, -0.15) is 13.2 Å². The van der Waals surface area contributed by atoms with Crippen LogP contribution in [0.1, 0.15) is 31.9 Å². The van der Waals surface area contributed by atoms with E-state index in [0.29, 0.717) is 12.1 Å². The molecule has 0 aromatic heterocycles. The number of benzene rings is 1. The van der Waals surface area contributed by atoms with Crippen molar-refractivity contribution < 1.29 is 21.8 Å². The summed E-state index contributed by atoms with van der Waals surface area (Å²) in [6, 6.07) is 1.35. The van der Waals surface area contributed by atoms with Crippen LogP contribution in [-0.2, 0) is 17.2 Å². The highest BCUT2D eigenvalue weighted by Gasteiger charge is 2.36. The zero-order valence-corrected chi connectivity index (χ0v) is 11.8. The lowest BCUT2D eigenvalue weighted by Gasteiger charge is -2.21. The Morgan fingerprint density at radius 1 is 1.16 bits per heavy atom. The number of aryl methyl sites for hydroxylation is 1. The van der Waals surface area contributed by atoms with Gasteiger partial charge in [0.1, 0.15) is 16.8 Å². The summed E-state index contributed by atoms with van der Waals surface area (Å²) in [6.45, 7) is 6.20. The van der Waals surface area contributed by atoms with E-state index < -0.39 is 39.0 Å². The van der Waals surface area contributed by atoms with Gasteiger partial charge < -0.3 is 0 Å². The lowest BCUT2D eigenvalue weighted by Crippen LogP contribution is -2.37. The van der Waals surface area contributed by atoms with Crippen LogP contribution in [0.5, 0.6) is 0 Å². The Hall–Kier alpha value is -0.950. The van der Waals surface area contributed by atoms with E-state index in [2.05, 4.69) is 4.72 Å².